The first-order valence-corrected chi connectivity index (χ1v) is 6.69. The number of nitrogens with one attached hydrogen (secondary N) is 1. The first-order valence-electron chi connectivity index (χ1n) is 5.90. The van der Waals surface area contributed by atoms with E-state index in [1.165, 1.54) is 30.3 Å². The van der Waals surface area contributed by atoms with Crippen molar-refractivity contribution in [2.75, 3.05) is 5.32 Å². The Kier molecular flexibility index (Phi) is 4.32. The molecule has 0 aliphatic heterocycles. The van der Waals surface area contributed by atoms with Crippen molar-refractivity contribution < 1.29 is 14.1 Å². The van der Waals surface area contributed by atoms with Crippen LogP contribution in [0.1, 0.15) is 15.9 Å². The second-order valence-electron chi connectivity index (χ2n) is 4.36. The molecule has 0 aromatic heterocycles. The molecular weight excluding hydrogens is 343 g/mol. The lowest BCUT2D eigenvalue weighted by Gasteiger charge is -2.08. The van der Waals surface area contributed by atoms with Crippen LogP contribution in [0.25, 0.3) is 0 Å². The fourth-order valence-electron chi connectivity index (χ4n) is 1.77. The number of carbonyl (C=O) groups is 1. The lowest BCUT2D eigenvalue weighted by Crippen LogP contribution is -2.15. The molecule has 0 aliphatic carbocycles. The molecule has 2 aromatic rings. The molecule has 2 rings (SSSR count). The SMILES string of the molecule is Cc1ccc([N+](=O)[O-])c(C(=O)Nc2ccc(Br)cc2F)c1. The van der Waals surface area contributed by atoms with Gasteiger partial charge in [0.1, 0.15) is 11.4 Å². The van der Waals surface area contributed by atoms with Crippen molar-refractivity contribution in [3.8, 4) is 0 Å². The number of aryl methyl sites for hydroxylation is 1. The second kappa shape index (κ2) is 6.01. The minimum Gasteiger partial charge on any atom is -0.319 e. The summed E-state index contributed by atoms with van der Waals surface area (Å²) in [6.07, 6.45) is 0. The Labute approximate surface area is 128 Å². The Morgan fingerprint density at radius 1 is 1.29 bits per heavy atom. The lowest BCUT2D eigenvalue weighted by molar-refractivity contribution is -0.385. The fourth-order valence-corrected chi connectivity index (χ4v) is 2.10. The summed E-state index contributed by atoms with van der Waals surface area (Å²) in [5.41, 5.74) is 0.221. The zero-order valence-corrected chi connectivity index (χ0v) is 12.5. The summed E-state index contributed by atoms with van der Waals surface area (Å²) in [6.45, 7) is 1.71. The predicted molar refractivity (Wildman–Crippen MR) is 79.9 cm³/mol. The fraction of sp³-hybridized carbons (Fsp3) is 0.0714. The molecule has 0 saturated carbocycles. The molecule has 7 heteroatoms. The van der Waals surface area contributed by atoms with Gasteiger partial charge in [-0.15, -0.1) is 0 Å². The van der Waals surface area contributed by atoms with Crippen LogP contribution in [0.2, 0.25) is 0 Å². The van der Waals surface area contributed by atoms with Crippen LogP contribution in [0.3, 0.4) is 0 Å². The average Bonchev–Trinajstić information content (AvgIpc) is 2.41. The molecule has 0 bridgehead atoms. The van der Waals surface area contributed by atoms with E-state index in [0.717, 1.165) is 0 Å². The maximum atomic E-state index is 13.7. The van der Waals surface area contributed by atoms with Gasteiger partial charge in [-0.2, -0.15) is 0 Å². The van der Waals surface area contributed by atoms with Crippen LogP contribution in [0.5, 0.6) is 0 Å². The third-order valence-electron chi connectivity index (χ3n) is 2.77. The van der Waals surface area contributed by atoms with Crippen LogP contribution in [0.15, 0.2) is 40.9 Å². The molecule has 0 atom stereocenters. The van der Waals surface area contributed by atoms with Crippen LogP contribution >= 0.6 is 15.9 Å². The summed E-state index contributed by atoms with van der Waals surface area (Å²) in [7, 11) is 0. The van der Waals surface area contributed by atoms with E-state index in [2.05, 4.69) is 21.2 Å². The Hall–Kier alpha value is -2.28. The van der Waals surface area contributed by atoms with Gasteiger partial charge in [0.05, 0.1) is 10.6 Å². The zero-order chi connectivity index (χ0) is 15.6. The van der Waals surface area contributed by atoms with Gasteiger partial charge in [0, 0.05) is 10.5 Å². The number of amides is 1. The van der Waals surface area contributed by atoms with Crippen molar-refractivity contribution in [1.82, 2.24) is 0 Å². The number of rotatable bonds is 3. The zero-order valence-electron chi connectivity index (χ0n) is 10.9. The van der Waals surface area contributed by atoms with Gasteiger partial charge in [0.25, 0.3) is 11.6 Å². The highest BCUT2D eigenvalue weighted by Gasteiger charge is 2.21. The van der Waals surface area contributed by atoms with Gasteiger partial charge in [-0.1, -0.05) is 22.0 Å². The van der Waals surface area contributed by atoms with Gasteiger partial charge in [-0.3, -0.25) is 14.9 Å². The van der Waals surface area contributed by atoms with Crippen molar-refractivity contribution in [3.05, 3.63) is 67.9 Å². The van der Waals surface area contributed by atoms with Crippen LogP contribution in [-0.2, 0) is 0 Å². The minimum absolute atomic E-state index is 0.0426. The molecule has 108 valence electrons. The summed E-state index contributed by atoms with van der Waals surface area (Å²) in [4.78, 5) is 22.4. The summed E-state index contributed by atoms with van der Waals surface area (Å²) in [5.74, 6) is -1.36. The first kappa shape index (κ1) is 15.1. The summed E-state index contributed by atoms with van der Waals surface area (Å²) in [5, 5.41) is 13.3. The predicted octanol–water partition coefficient (Wildman–Crippen LogP) is 4.06. The molecule has 0 radical (unpaired) electrons. The van der Waals surface area contributed by atoms with Gasteiger partial charge in [0.15, 0.2) is 0 Å². The van der Waals surface area contributed by atoms with E-state index in [1.807, 2.05) is 0 Å². The number of hydrogen-bond donors (Lipinski definition) is 1. The van der Waals surface area contributed by atoms with E-state index < -0.39 is 16.6 Å². The number of nitro groups is 1. The lowest BCUT2D eigenvalue weighted by atomic mass is 10.1. The molecule has 0 spiro atoms. The second-order valence-corrected chi connectivity index (χ2v) is 5.27. The van der Waals surface area contributed by atoms with E-state index >= 15 is 0 Å². The molecular formula is C14H10BrFN2O3. The van der Waals surface area contributed by atoms with Crippen LogP contribution in [-0.4, -0.2) is 10.8 Å². The number of hydrogen-bond acceptors (Lipinski definition) is 3. The van der Waals surface area contributed by atoms with E-state index in [1.54, 1.807) is 13.0 Å². The molecule has 2 aromatic carbocycles. The maximum Gasteiger partial charge on any atom is 0.282 e. The molecule has 0 unspecified atom stereocenters. The van der Waals surface area contributed by atoms with Crippen LogP contribution in [0, 0.1) is 22.9 Å². The van der Waals surface area contributed by atoms with Gasteiger partial charge in [-0.05, 0) is 36.8 Å². The number of carbonyl (C=O) groups excluding carboxylic acids is 1. The summed E-state index contributed by atoms with van der Waals surface area (Å²) in [6, 6.07) is 8.31. The van der Waals surface area contributed by atoms with Crippen molar-refractivity contribution in [2.45, 2.75) is 6.92 Å². The topological polar surface area (TPSA) is 72.2 Å². The Balaban J connectivity index is 2.36. The molecule has 21 heavy (non-hydrogen) atoms. The highest BCUT2D eigenvalue weighted by Crippen LogP contribution is 2.23. The Bertz CT molecular complexity index is 734. The summed E-state index contributed by atoms with van der Waals surface area (Å²) >= 11 is 3.11. The van der Waals surface area contributed by atoms with Crippen molar-refractivity contribution in [2.24, 2.45) is 0 Å². The van der Waals surface area contributed by atoms with E-state index in [-0.39, 0.29) is 16.9 Å². The number of halogens is 2. The standard InChI is InChI=1S/C14H10BrFN2O3/c1-8-2-5-13(18(20)21)10(6-8)14(19)17-12-4-3-9(15)7-11(12)16/h2-7H,1H3,(H,17,19). The molecule has 1 N–H and O–H groups in total. The van der Waals surface area contributed by atoms with E-state index in [9.17, 15) is 19.3 Å². The molecule has 0 saturated heterocycles. The number of benzene rings is 2. The molecule has 0 aliphatic rings. The van der Waals surface area contributed by atoms with Crippen molar-refractivity contribution in [1.29, 1.82) is 0 Å². The quantitative estimate of drug-likeness (QED) is 0.668. The maximum absolute atomic E-state index is 13.7. The number of anilines is 1. The first-order chi connectivity index (χ1) is 9.88. The number of nitrogens with zero attached hydrogens (tertiary/aromatic N) is 1. The minimum atomic E-state index is -0.730. The van der Waals surface area contributed by atoms with Gasteiger partial charge in [0.2, 0.25) is 0 Å². The highest BCUT2D eigenvalue weighted by molar-refractivity contribution is 9.10. The number of nitro benzene ring substituents is 1. The molecule has 1 amide bonds. The molecule has 0 heterocycles. The van der Waals surface area contributed by atoms with Crippen LogP contribution < -0.4 is 5.32 Å². The monoisotopic (exact) mass is 352 g/mol. The van der Waals surface area contributed by atoms with Gasteiger partial charge < -0.3 is 5.32 Å². The third kappa shape index (κ3) is 3.43. The third-order valence-corrected chi connectivity index (χ3v) is 3.27. The largest absolute Gasteiger partial charge is 0.319 e. The smallest absolute Gasteiger partial charge is 0.282 e. The van der Waals surface area contributed by atoms with Gasteiger partial charge >= 0.3 is 0 Å². The molecule has 0 fully saturated rings. The molecule has 5 nitrogen and oxygen atoms in total. The normalized spacial score (nSPS) is 10.2. The average molecular weight is 353 g/mol. The summed E-state index contributed by atoms with van der Waals surface area (Å²) < 4.78 is 14.2. The Morgan fingerprint density at radius 2 is 2.00 bits per heavy atom. The van der Waals surface area contributed by atoms with Gasteiger partial charge in [-0.25, -0.2) is 4.39 Å². The van der Waals surface area contributed by atoms with Crippen molar-refractivity contribution >= 4 is 33.2 Å². The van der Waals surface area contributed by atoms with Crippen molar-refractivity contribution in [3.63, 3.8) is 0 Å². The highest BCUT2D eigenvalue weighted by atomic mass is 79.9. The van der Waals surface area contributed by atoms with E-state index in [0.29, 0.717) is 10.0 Å². The van der Waals surface area contributed by atoms with Crippen LogP contribution in [0.4, 0.5) is 15.8 Å². The Morgan fingerprint density at radius 3 is 2.62 bits per heavy atom. The van der Waals surface area contributed by atoms with E-state index in [4.69, 9.17) is 0 Å².